The zero-order valence-electron chi connectivity index (χ0n) is 12.5. The molecular formula is C16H21N3OS. The molecule has 2 N–H and O–H groups in total. The molecule has 4 nitrogen and oxygen atoms in total. The van der Waals surface area contributed by atoms with Crippen LogP contribution in [-0.2, 0) is 19.3 Å². The van der Waals surface area contributed by atoms with Crippen LogP contribution in [0.25, 0.3) is 0 Å². The zero-order valence-corrected chi connectivity index (χ0v) is 13.3. The Kier molecular flexibility index (Phi) is 4.10. The molecular weight excluding hydrogens is 282 g/mol. The minimum atomic E-state index is 0.0583. The number of fused-ring (bicyclic) bond motifs is 1. The van der Waals surface area contributed by atoms with Gasteiger partial charge >= 0.3 is 0 Å². The van der Waals surface area contributed by atoms with Crippen molar-refractivity contribution < 1.29 is 4.79 Å². The van der Waals surface area contributed by atoms with Crippen molar-refractivity contribution in [2.75, 3.05) is 0 Å². The minimum absolute atomic E-state index is 0.0583. The largest absolute Gasteiger partial charge is 0.348 e. The van der Waals surface area contributed by atoms with Crippen LogP contribution in [0.2, 0.25) is 0 Å². The molecule has 2 aromatic heterocycles. The van der Waals surface area contributed by atoms with Crippen molar-refractivity contribution in [2.24, 2.45) is 5.92 Å². The Balaban J connectivity index is 1.60. The van der Waals surface area contributed by atoms with Crippen LogP contribution in [0.15, 0.2) is 18.5 Å². The van der Waals surface area contributed by atoms with E-state index in [0.29, 0.717) is 5.92 Å². The first-order valence-corrected chi connectivity index (χ1v) is 8.34. The third-order valence-corrected chi connectivity index (χ3v) is 4.92. The third-order valence-electron chi connectivity index (χ3n) is 3.82. The Labute approximate surface area is 129 Å². The number of H-pyrrole nitrogens is 1. The lowest BCUT2D eigenvalue weighted by molar-refractivity contribution is 0.0937. The SMILES string of the molecule is CC(C)Cc1ccc(C(=O)NC2CCc3nc[nH]c3C2)s1. The van der Waals surface area contributed by atoms with Crippen LogP contribution in [0.3, 0.4) is 0 Å². The van der Waals surface area contributed by atoms with Crippen molar-refractivity contribution in [1.82, 2.24) is 15.3 Å². The van der Waals surface area contributed by atoms with E-state index in [0.717, 1.165) is 36.3 Å². The van der Waals surface area contributed by atoms with Gasteiger partial charge in [0.2, 0.25) is 0 Å². The number of aromatic nitrogens is 2. The van der Waals surface area contributed by atoms with E-state index in [-0.39, 0.29) is 11.9 Å². The molecule has 5 heteroatoms. The fourth-order valence-electron chi connectivity index (χ4n) is 2.79. The number of imidazole rings is 1. The van der Waals surface area contributed by atoms with Gasteiger partial charge in [-0.2, -0.15) is 0 Å². The number of amides is 1. The lowest BCUT2D eigenvalue weighted by Gasteiger charge is -2.22. The van der Waals surface area contributed by atoms with E-state index >= 15 is 0 Å². The highest BCUT2D eigenvalue weighted by molar-refractivity contribution is 7.14. The molecule has 1 atom stereocenters. The number of nitrogens with zero attached hydrogens (tertiary/aromatic N) is 1. The summed E-state index contributed by atoms with van der Waals surface area (Å²) in [6.07, 6.45) is 5.54. The maximum atomic E-state index is 12.3. The van der Waals surface area contributed by atoms with Gasteiger partial charge in [-0.25, -0.2) is 4.98 Å². The second-order valence-corrected chi connectivity index (χ2v) is 7.27. The van der Waals surface area contributed by atoms with E-state index in [9.17, 15) is 4.79 Å². The van der Waals surface area contributed by atoms with E-state index < -0.39 is 0 Å². The van der Waals surface area contributed by atoms with Crippen LogP contribution in [0.1, 0.15) is 46.2 Å². The molecule has 0 aliphatic heterocycles. The number of thiophene rings is 1. The molecule has 0 spiro atoms. The van der Waals surface area contributed by atoms with Gasteiger partial charge in [0, 0.05) is 23.0 Å². The number of rotatable bonds is 4. The van der Waals surface area contributed by atoms with Crippen LogP contribution in [0.4, 0.5) is 0 Å². The van der Waals surface area contributed by atoms with E-state index in [2.05, 4.69) is 35.2 Å². The number of carbonyl (C=O) groups is 1. The molecule has 112 valence electrons. The van der Waals surface area contributed by atoms with Crippen molar-refractivity contribution in [3.05, 3.63) is 39.6 Å². The highest BCUT2D eigenvalue weighted by atomic mass is 32.1. The summed E-state index contributed by atoms with van der Waals surface area (Å²) in [5.41, 5.74) is 2.31. The quantitative estimate of drug-likeness (QED) is 0.912. The normalized spacial score (nSPS) is 17.8. The maximum Gasteiger partial charge on any atom is 0.261 e. The van der Waals surface area contributed by atoms with Crippen LogP contribution in [0, 0.1) is 5.92 Å². The first-order chi connectivity index (χ1) is 10.1. The zero-order chi connectivity index (χ0) is 14.8. The Morgan fingerprint density at radius 3 is 3.19 bits per heavy atom. The average molecular weight is 303 g/mol. The predicted octanol–water partition coefficient (Wildman–Crippen LogP) is 2.96. The number of hydrogen-bond acceptors (Lipinski definition) is 3. The van der Waals surface area contributed by atoms with Gasteiger partial charge in [0.25, 0.3) is 5.91 Å². The molecule has 1 aliphatic rings. The fourth-order valence-corrected chi connectivity index (χ4v) is 3.92. The van der Waals surface area contributed by atoms with Crippen molar-refractivity contribution in [3.8, 4) is 0 Å². The van der Waals surface area contributed by atoms with E-state index in [4.69, 9.17) is 0 Å². The molecule has 0 aromatic carbocycles. The van der Waals surface area contributed by atoms with Gasteiger partial charge in [0.05, 0.1) is 16.9 Å². The lowest BCUT2D eigenvalue weighted by Crippen LogP contribution is -2.38. The fraction of sp³-hybridized carbons (Fsp3) is 0.500. The second kappa shape index (κ2) is 6.02. The van der Waals surface area contributed by atoms with E-state index in [1.165, 1.54) is 10.6 Å². The van der Waals surface area contributed by atoms with Crippen molar-refractivity contribution in [3.63, 3.8) is 0 Å². The summed E-state index contributed by atoms with van der Waals surface area (Å²) >= 11 is 1.61. The summed E-state index contributed by atoms with van der Waals surface area (Å²) in [6.45, 7) is 4.40. The van der Waals surface area contributed by atoms with Gasteiger partial charge < -0.3 is 10.3 Å². The molecule has 0 saturated heterocycles. The Hall–Kier alpha value is -1.62. The monoisotopic (exact) mass is 303 g/mol. The molecule has 3 rings (SSSR count). The van der Waals surface area contributed by atoms with E-state index in [1.807, 2.05) is 6.07 Å². The first kappa shape index (κ1) is 14.3. The third kappa shape index (κ3) is 3.35. The average Bonchev–Trinajstić information content (AvgIpc) is 3.06. The van der Waals surface area contributed by atoms with E-state index in [1.54, 1.807) is 17.7 Å². The molecule has 1 amide bonds. The molecule has 0 fully saturated rings. The first-order valence-electron chi connectivity index (χ1n) is 7.52. The smallest absolute Gasteiger partial charge is 0.261 e. The van der Waals surface area contributed by atoms with Crippen molar-refractivity contribution in [1.29, 1.82) is 0 Å². The van der Waals surface area contributed by atoms with Gasteiger partial charge in [-0.1, -0.05) is 13.8 Å². The van der Waals surface area contributed by atoms with Gasteiger partial charge in [-0.3, -0.25) is 4.79 Å². The molecule has 2 aromatic rings. The molecule has 0 radical (unpaired) electrons. The molecule has 1 aliphatic carbocycles. The number of nitrogens with one attached hydrogen (secondary N) is 2. The van der Waals surface area contributed by atoms with Crippen LogP contribution < -0.4 is 5.32 Å². The molecule has 0 bridgehead atoms. The van der Waals surface area contributed by atoms with Gasteiger partial charge in [-0.15, -0.1) is 11.3 Å². The highest BCUT2D eigenvalue weighted by Crippen LogP contribution is 2.21. The molecule has 2 heterocycles. The summed E-state index contributed by atoms with van der Waals surface area (Å²) in [6, 6.07) is 4.23. The minimum Gasteiger partial charge on any atom is -0.348 e. The Morgan fingerprint density at radius 1 is 1.52 bits per heavy atom. The summed E-state index contributed by atoms with van der Waals surface area (Å²) in [5, 5.41) is 3.16. The molecule has 21 heavy (non-hydrogen) atoms. The molecule has 0 saturated carbocycles. The Bertz CT molecular complexity index is 629. The standard InChI is InChI=1S/C16H21N3OS/c1-10(2)7-12-4-6-15(21-12)16(20)19-11-3-5-13-14(8-11)18-9-17-13/h4,6,9-11H,3,5,7-8H2,1-2H3,(H,17,18)(H,19,20). The topological polar surface area (TPSA) is 57.8 Å². The Morgan fingerprint density at radius 2 is 2.38 bits per heavy atom. The summed E-state index contributed by atoms with van der Waals surface area (Å²) in [5.74, 6) is 0.680. The number of carbonyl (C=O) groups excluding carboxylic acids is 1. The van der Waals surface area contributed by atoms with Crippen LogP contribution >= 0.6 is 11.3 Å². The highest BCUT2D eigenvalue weighted by Gasteiger charge is 2.22. The second-order valence-electron chi connectivity index (χ2n) is 6.10. The van der Waals surface area contributed by atoms with Gasteiger partial charge in [0.15, 0.2) is 0 Å². The summed E-state index contributed by atoms with van der Waals surface area (Å²) < 4.78 is 0. The summed E-state index contributed by atoms with van der Waals surface area (Å²) in [7, 11) is 0. The predicted molar refractivity (Wildman–Crippen MR) is 84.7 cm³/mol. The maximum absolute atomic E-state index is 12.3. The van der Waals surface area contributed by atoms with Gasteiger partial charge in [0.1, 0.15) is 0 Å². The van der Waals surface area contributed by atoms with Crippen LogP contribution in [0.5, 0.6) is 0 Å². The summed E-state index contributed by atoms with van der Waals surface area (Å²) in [4.78, 5) is 21.9. The lowest BCUT2D eigenvalue weighted by atomic mass is 9.96. The van der Waals surface area contributed by atoms with Crippen LogP contribution in [-0.4, -0.2) is 21.9 Å². The molecule has 1 unspecified atom stereocenters. The van der Waals surface area contributed by atoms with Gasteiger partial charge in [-0.05, 0) is 37.3 Å². The number of aryl methyl sites for hydroxylation is 1. The number of aromatic amines is 1. The van der Waals surface area contributed by atoms with Crippen molar-refractivity contribution >= 4 is 17.2 Å². The van der Waals surface area contributed by atoms with Crippen molar-refractivity contribution in [2.45, 2.75) is 45.6 Å². The number of hydrogen-bond donors (Lipinski definition) is 2.